The first-order valence-corrected chi connectivity index (χ1v) is 6.61. The van der Waals surface area contributed by atoms with E-state index in [0.29, 0.717) is 18.9 Å². The third kappa shape index (κ3) is 2.03. The minimum atomic E-state index is -0.0456. The zero-order valence-corrected chi connectivity index (χ0v) is 10.6. The SMILES string of the molecule is Cc1cc(C(=O)N2CCO[C@H]3CCCC[C@@H]32)on1. The molecule has 1 amide bonds. The predicted octanol–water partition coefficient (Wildman–Crippen LogP) is 1.77. The summed E-state index contributed by atoms with van der Waals surface area (Å²) >= 11 is 0. The Kier molecular flexibility index (Phi) is 3.07. The molecule has 0 aromatic carbocycles. The molecular formula is C13H18N2O3. The van der Waals surface area contributed by atoms with Gasteiger partial charge in [-0.05, 0) is 19.8 Å². The van der Waals surface area contributed by atoms with E-state index >= 15 is 0 Å². The van der Waals surface area contributed by atoms with Crippen LogP contribution in [0.4, 0.5) is 0 Å². The fraction of sp³-hybridized carbons (Fsp3) is 0.692. The molecule has 0 unspecified atom stereocenters. The Morgan fingerprint density at radius 2 is 2.28 bits per heavy atom. The fourth-order valence-electron chi connectivity index (χ4n) is 2.95. The van der Waals surface area contributed by atoms with Gasteiger partial charge < -0.3 is 14.2 Å². The summed E-state index contributed by atoms with van der Waals surface area (Å²) in [5.74, 6) is 0.300. The van der Waals surface area contributed by atoms with E-state index in [-0.39, 0.29) is 18.1 Å². The number of amides is 1. The van der Waals surface area contributed by atoms with Gasteiger partial charge in [-0.1, -0.05) is 18.0 Å². The summed E-state index contributed by atoms with van der Waals surface area (Å²) in [5, 5.41) is 3.78. The van der Waals surface area contributed by atoms with E-state index in [1.54, 1.807) is 6.07 Å². The van der Waals surface area contributed by atoms with Gasteiger partial charge in [-0.2, -0.15) is 0 Å². The molecule has 98 valence electrons. The van der Waals surface area contributed by atoms with Crippen LogP contribution in [0.1, 0.15) is 41.9 Å². The summed E-state index contributed by atoms with van der Waals surface area (Å²) in [4.78, 5) is 14.3. The number of carbonyl (C=O) groups excluding carboxylic acids is 1. The minimum Gasteiger partial charge on any atom is -0.374 e. The molecule has 1 aliphatic heterocycles. The standard InChI is InChI=1S/C13H18N2O3/c1-9-8-12(18-14-9)13(16)15-6-7-17-11-5-3-2-4-10(11)15/h8,10-11H,2-7H2,1H3/t10-,11-/m0/s1. The number of morpholine rings is 1. The maximum atomic E-state index is 12.4. The van der Waals surface area contributed by atoms with Crippen LogP contribution in [0.25, 0.3) is 0 Å². The van der Waals surface area contributed by atoms with Crippen molar-refractivity contribution in [3.63, 3.8) is 0 Å². The van der Waals surface area contributed by atoms with Crippen LogP contribution in [0.3, 0.4) is 0 Å². The highest BCUT2D eigenvalue weighted by atomic mass is 16.5. The van der Waals surface area contributed by atoms with Crippen LogP contribution in [-0.2, 0) is 4.74 Å². The lowest BCUT2D eigenvalue weighted by Gasteiger charge is -2.43. The molecule has 18 heavy (non-hydrogen) atoms. The van der Waals surface area contributed by atoms with Crippen molar-refractivity contribution in [3.8, 4) is 0 Å². The Hall–Kier alpha value is -1.36. The van der Waals surface area contributed by atoms with E-state index in [2.05, 4.69) is 5.16 Å². The number of aromatic nitrogens is 1. The van der Waals surface area contributed by atoms with Gasteiger partial charge in [0.15, 0.2) is 0 Å². The van der Waals surface area contributed by atoms with Gasteiger partial charge in [-0.15, -0.1) is 0 Å². The van der Waals surface area contributed by atoms with Gasteiger partial charge in [-0.25, -0.2) is 0 Å². The third-order valence-electron chi connectivity index (χ3n) is 3.83. The average molecular weight is 250 g/mol. The molecule has 1 aliphatic carbocycles. The van der Waals surface area contributed by atoms with Crippen LogP contribution in [0.5, 0.6) is 0 Å². The Morgan fingerprint density at radius 1 is 1.44 bits per heavy atom. The second kappa shape index (κ2) is 4.72. The molecule has 5 nitrogen and oxygen atoms in total. The maximum absolute atomic E-state index is 12.4. The van der Waals surface area contributed by atoms with Gasteiger partial charge >= 0.3 is 0 Å². The van der Waals surface area contributed by atoms with Gasteiger partial charge in [0.05, 0.1) is 24.4 Å². The van der Waals surface area contributed by atoms with Crippen LogP contribution < -0.4 is 0 Å². The quantitative estimate of drug-likeness (QED) is 0.762. The third-order valence-corrected chi connectivity index (χ3v) is 3.83. The number of carbonyl (C=O) groups is 1. The van der Waals surface area contributed by atoms with E-state index in [1.165, 1.54) is 12.8 Å². The molecule has 1 saturated carbocycles. The Bertz CT molecular complexity index is 441. The number of rotatable bonds is 1. The lowest BCUT2D eigenvalue weighted by molar-refractivity contribution is -0.0760. The second-order valence-electron chi connectivity index (χ2n) is 5.09. The molecule has 2 atom stereocenters. The highest BCUT2D eigenvalue weighted by Crippen LogP contribution is 2.29. The van der Waals surface area contributed by atoms with E-state index in [9.17, 15) is 4.79 Å². The molecule has 2 aliphatic rings. The zero-order valence-electron chi connectivity index (χ0n) is 10.6. The van der Waals surface area contributed by atoms with Gasteiger partial charge in [-0.3, -0.25) is 4.79 Å². The molecule has 5 heteroatoms. The highest BCUT2D eigenvalue weighted by molar-refractivity contribution is 5.91. The largest absolute Gasteiger partial charge is 0.374 e. The van der Waals surface area contributed by atoms with Crippen molar-refractivity contribution in [2.45, 2.75) is 44.8 Å². The van der Waals surface area contributed by atoms with Crippen molar-refractivity contribution >= 4 is 5.91 Å². The molecule has 3 rings (SSSR count). The summed E-state index contributed by atoms with van der Waals surface area (Å²) in [5.41, 5.74) is 0.742. The van der Waals surface area contributed by atoms with Crippen molar-refractivity contribution in [2.75, 3.05) is 13.2 Å². The van der Waals surface area contributed by atoms with Gasteiger partial charge in [0.25, 0.3) is 5.91 Å². The summed E-state index contributed by atoms with van der Waals surface area (Å²) < 4.78 is 10.8. The van der Waals surface area contributed by atoms with E-state index in [0.717, 1.165) is 18.5 Å². The number of hydrogen-bond donors (Lipinski definition) is 0. The van der Waals surface area contributed by atoms with E-state index in [4.69, 9.17) is 9.26 Å². The molecule has 1 aromatic heterocycles. The molecule has 0 radical (unpaired) electrons. The zero-order chi connectivity index (χ0) is 12.5. The summed E-state index contributed by atoms with van der Waals surface area (Å²) in [6.45, 7) is 3.10. The molecule has 1 saturated heterocycles. The van der Waals surface area contributed by atoms with Crippen molar-refractivity contribution in [1.82, 2.24) is 10.1 Å². The van der Waals surface area contributed by atoms with Crippen molar-refractivity contribution < 1.29 is 14.1 Å². The molecule has 0 spiro atoms. The number of aryl methyl sites for hydroxylation is 1. The van der Waals surface area contributed by atoms with Crippen LogP contribution in [0.2, 0.25) is 0 Å². The summed E-state index contributed by atoms with van der Waals surface area (Å²) in [6.07, 6.45) is 4.67. The maximum Gasteiger partial charge on any atom is 0.292 e. The number of hydrogen-bond acceptors (Lipinski definition) is 4. The monoisotopic (exact) mass is 250 g/mol. The first kappa shape index (κ1) is 11.7. The van der Waals surface area contributed by atoms with E-state index < -0.39 is 0 Å². The van der Waals surface area contributed by atoms with Crippen LogP contribution in [0, 0.1) is 6.92 Å². The number of ether oxygens (including phenoxy) is 1. The van der Waals surface area contributed by atoms with Crippen LogP contribution in [-0.4, -0.2) is 41.3 Å². The topological polar surface area (TPSA) is 55.6 Å². The van der Waals surface area contributed by atoms with Gasteiger partial charge in [0.2, 0.25) is 5.76 Å². The first-order valence-electron chi connectivity index (χ1n) is 6.61. The Morgan fingerprint density at radius 3 is 3.06 bits per heavy atom. The molecule has 0 N–H and O–H groups in total. The minimum absolute atomic E-state index is 0.0456. The van der Waals surface area contributed by atoms with Crippen LogP contribution in [0.15, 0.2) is 10.6 Å². The second-order valence-corrected chi connectivity index (χ2v) is 5.09. The first-order chi connectivity index (χ1) is 8.75. The van der Waals surface area contributed by atoms with Crippen LogP contribution >= 0.6 is 0 Å². The summed E-state index contributed by atoms with van der Waals surface area (Å²) in [6, 6.07) is 1.92. The lowest BCUT2D eigenvalue weighted by atomic mass is 9.90. The predicted molar refractivity (Wildman–Crippen MR) is 64.3 cm³/mol. The smallest absolute Gasteiger partial charge is 0.292 e. The molecular weight excluding hydrogens is 232 g/mol. The number of nitrogens with zero attached hydrogens (tertiary/aromatic N) is 2. The van der Waals surface area contributed by atoms with E-state index in [1.807, 2.05) is 11.8 Å². The Labute approximate surface area is 106 Å². The number of fused-ring (bicyclic) bond motifs is 1. The highest BCUT2D eigenvalue weighted by Gasteiger charge is 2.37. The van der Waals surface area contributed by atoms with Crippen molar-refractivity contribution in [2.24, 2.45) is 0 Å². The van der Waals surface area contributed by atoms with Crippen molar-refractivity contribution in [1.29, 1.82) is 0 Å². The Balaban J connectivity index is 1.79. The normalized spacial score (nSPS) is 27.9. The molecule has 0 bridgehead atoms. The molecule has 2 fully saturated rings. The van der Waals surface area contributed by atoms with Crippen molar-refractivity contribution in [3.05, 3.63) is 17.5 Å². The fourth-order valence-corrected chi connectivity index (χ4v) is 2.95. The van der Waals surface area contributed by atoms with Gasteiger partial charge in [0, 0.05) is 12.6 Å². The van der Waals surface area contributed by atoms with Gasteiger partial charge in [0.1, 0.15) is 0 Å². The summed E-state index contributed by atoms with van der Waals surface area (Å²) in [7, 11) is 0. The molecule has 1 aromatic rings. The molecule has 2 heterocycles. The lowest BCUT2D eigenvalue weighted by Crippen LogP contribution is -2.54. The average Bonchev–Trinajstić information content (AvgIpc) is 2.84.